The third-order valence-corrected chi connectivity index (χ3v) is 8.45. The van der Waals surface area contributed by atoms with Crippen molar-refractivity contribution in [2.24, 2.45) is 5.92 Å². The maximum Gasteiger partial charge on any atom is 0.178 e. The van der Waals surface area contributed by atoms with E-state index in [2.05, 4.69) is 36.5 Å². The van der Waals surface area contributed by atoms with E-state index in [1.807, 2.05) is 42.7 Å². The van der Waals surface area contributed by atoms with Crippen LogP contribution in [0.1, 0.15) is 31.2 Å². The molecule has 0 saturated heterocycles. The van der Waals surface area contributed by atoms with Gasteiger partial charge in [-0.05, 0) is 67.3 Å². The number of hydrogen-bond acceptors (Lipinski definition) is 7. The maximum absolute atomic E-state index is 6.19. The fourth-order valence-electron chi connectivity index (χ4n) is 5.27. The molecule has 0 atom stereocenters. The lowest BCUT2D eigenvalue weighted by Crippen LogP contribution is -2.20. The van der Waals surface area contributed by atoms with Gasteiger partial charge in [-0.1, -0.05) is 24.4 Å². The number of hydrogen-bond donors (Lipinski definition) is 3. The molecular weight excluding hydrogens is 516 g/mol. The Balaban J connectivity index is 1.20. The molecule has 1 aliphatic carbocycles. The van der Waals surface area contributed by atoms with Crippen LogP contribution in [0.4, 0.5) is 0 Å². The Kier molecular flexibility index (Phi) is 6.11. The van der Waals surface area contributed by atoms with Crippen molar-refractivity contribution in [1.82, 2.24) is 40.4 Å². The molecule has 0 aliphatic heterocycles. The monoisotopic (exact) mass is 540 g/mol. The van der Waals surface area contributed by atoms with Crippen LogP contribution in [0.2, 0.25) is 4.34 Å². The number of thiophene rings is 1. The first-order valence-corrected chi connectivity index (χ1v) is 14.0. The average Bonchev–Trinajstić information content (AvgIpc) is 3.74. The second kappa shape index (κ2) is 9.90. The summed E-state index contributed by atoms with van der Waals surface area (Å²) in [7, 11) is 0. The summed E-state index contributed by atoms with van der Waals surface area (Å²) in [5.41, 5.74) is 7.67. The lowest BCUT2D eigenvalue weighted by Gasteiger charge is -2.11. The topological polar surface area (TPSA) is 108 Å². The lowest BCUT2D eigenvalue weighted by atomic mass is 10.1. The summed E-state index contributed by atoms with van der Waals surface area (Å²) in [6.45, 7) is 1.88. The molecule has 0 radical (unpaired) electrons. The fraction of sp³-hybridized carbons (Fsp3) is 0.250. The average molecular weight is 541 g/mol. The second-order valence-electron chi connectivity index (χ2n) is 9.77. The molecule has 38 heavy (non-hydrogen) atoms. The van der Waals surface area contributed by atoms with Crippen LogP contribution in [0.5, 0.6) is 0 Å². The van der Waals surface area contributed by atoms with Crippen LogP contribution in [0.25, 0.3) is 55.4 Å². The number of pyridine rings is 3. The second-order valence-corrected chi connectivity index (χ2v) is 11.5. The molecule has 7 rings (SSSR count). The zero-order valence-electron chi connectivity index (χ0n) is 20.5. The highest BCUT2D eigenvalue weighted by atomic mass is 35.5. The number of nitrogens with one attached hydrogen (secondary N) is 3. The van der Waals surface area contributed by atoms with Gasteiger partial charge >= 0.3 is 0 Å². The molecule has 190 valence electrons. The number of aromatic amines is 2. The van der Waals surface area contributed by atoms with E-state index >= 15 is 0 Å². The van der Waals surface area contributed by atoms with E-state index in [4.69, 9.17) is 21.6 Å². The van der Waals surface area contributed by atoms with Gasteiger partial charge in [0.2, 0.25) is 0 Å². The summed E-state index contributed by atoms with van der Waals surface area (Å²) in [4.78, 5) is 23.1. The molecule has 0 aromatic carbocycles. The van der Waals surface area contributed by atoms with Crippen molar-refractivity contribution in [3.05, 3.63) is 64.9 Å². The van der Waals surface area contributed by atoms with E-state index in [-0.39, 0.29) is 0 Å². The summed E-state index contributed by atoms with van der Waals surface area (Å²) >= 11 is 7.71. The Morgan fingerprint density at radius 1 is 1.05 bits per heavy atom. The fourth-order valence-corrected chi connectivity index (χ4v) is 6.35. The van der Waals surface area contributed by atoms with Crippen molar-refractivity contribution in [1.29, 1.82) is 0 Å². The Bertz CT molecular complexity index is 1750. The molecule has 3 N–H and O–H groups in total. The molecule has 1 saturated carbocycles. The summed E-state index contributed by atoms with van der Waals surface area (Å²) in [6.07, 6.45) is 11.0. The van der Waals surface area contributed by atoms with Crippen LogP contribution in [-0.4, -0.2) is 41.7 Å². The Morgan fingerprint density at radius 2 is 1.97 bits per heavy atom. The van der Waals surface area contributed by atoms with Crippen molar-refractivity contribution < 1.29 is 0 Å². The standard InChI is InChI=1S/C28H25ClN8S/c29-23-8-7-22(38-23)19-9-10-32-27-24(19)34-28(35-27)26-25-21(36-37-26)6-5-20(33-25)18-11-17(14-31-15-18)13-30-12-16-3-1-2-4-16/h5-11,14-16,30H,1-4,12-13H2,(H,36,37)(H,32,34,35). The van der Waals surface area contributed by atoms with Gasteiger partial charge in [0.05, 0.1) is 21.1 Å². The molecule has 6 aromatic heterocycles. The molecule has 1 fully saturated rings. The number of nitrogens with zero attached hydrogens (tertiary/aromatic N) is 5. The van der Waals surface area contributed by atoms with Crippen molar-refractivity contribution in [3.8, 4) is 33.2 Å². The molecular formula is C28H25ClN8S. The van der Waals surface area contributed by atoms with E-state index in [1.54, 1.807) is 6.20 Å². The number of rotatable bonds is 7. The number of fused-ring (bicyclic) bond motifs is 2. The van der Waals surface area contributed by atoms with E-state index in [9.17, 15) is 0 Å². The molecule has 0 amide bonds. The zero-order chi connectivity index (χ0) is 25.5. The van der Waals surface area contributed by atoms with Crippen LogP contribution in [0, 0.1) is 5.92 Å². The molecule has 6 heterocycles. The molecule has 0 bridgehead atoms. The largest absolute Gasteiger partial charge is 0.335 e. The third kappa shape index (κ3) is 4.47. The Hall–Kier alpha value is -3.66. The summed E-state index contributed by atoms with van der Waals surface area (Å²) in [5, 5.41) is 11.2. The highest BCUT2D eigenvalue weighted by molar-refractivity contribution is 7.19. The predicted molar refractivity (Wildman–Crippen MR) is 152 cm³/mol. The van der Waals surface area contributed by atoms with E-state index in [1.165, 1.54) is 37.0 Å². The lowest BCUT2D eigenvalue weighted by molar-refractivity contribution is 0.489. The van der Waals surface area contributed by atoms with E-state index in [0.717, 1.165) is 67.2 Å². The number of H-pyrrole nitrogens is 2. The van der Waals surface area contributed by atoms with Gasteiger partial charge in [-0.3, -0.25) is 10.1 Å². The van der Waals surface area contributed by atoms with Crippen LogP contribution < -0.4 is 5.32 Å². The van der Waals surface area contributed by atoms with E-state index < -0.39 is 0 Å². The highest BCUT2D eigenvalue weighted by Crippen LogP contribution is 2.35. The first-order chi connectivity index (χ1) is 18.7. The first kappa shape index (κ1) is 23.5. The van der Waals surface area contributed by atoms with Gasteiger partial charge in [-0.25, -0.2) is 15.0 Å². The van der Waals surface area contributed by atoms with Gasteiger partial charge in [0.25, 0.3) is 0 Å². The third-order valence-electron chi connectivity index (χ3n) is 7.19. The minimum Gasteiger partial charge on any atom is -0.335 e. The molecule has 1 aliphatic rings. The quantitative estimate of drug-likeness (QED) is 0.210. The molecule has 0 spiro atoms. The van der Waals surface area contributed by atoms with Gasteiger partial charge in [-0.2, -0.15) is 5.10 Å². The normalized spacial score (nSPS) is 14.2. The molecule has 6 aromatic rings. The molecule has 8 nitrogen and oxygen atoms in total. The summed E-state index contributed by atoms with van der Waals surface area (Å²) in [6, 6.07) is 12.0. The maximum atomic E-state index is 6.19. The van der Waals surface area contributed by atoms with Crippen molar-refractivity contribution in [2.45, 2.75) is 32.2 Å². The first-order valence-electron chi connectivity index (χ1n) is 12.8. The summed E-state index contributed by atoms with van der Waals surface area (Å²) in [5.74, 6) is 1.42. The van der Waals surface area contributed by atoms with Crippen molar-refractivity contribution >= 4 is 45.1 Å². The SMILES string of the molecule is Clc1ccc(-c2ccnc3nc(-c4n[nH]c5ccc(-c6cncc(CNCC7CCCC7)c6)nc45)[nH]c23)s1. The van der Waals surface area contributed by atoms with Crippen LogP contribution in [0.15, 0.2) is 55.0 Å². The predicted octanol–water partition coefficient (Wildman–Crippen LogP) is 6.62. The van der Waals surface area contributed by atoms with Crippen LogP contribution in [0.3, 0.4) is 0 Å². The van der Waals surface area contributed by atoms with Gasteiger partial charge in [0, 0.05) is 41.1 Å². The smallest absolute Gasteiger partial charge is 0.178 e. The molecule has 10 heteroatoms. The van der Waals surface area contributed by atoms with Crippen LogP contribution >= 0.6 is 22.9 Å². The number of aromatic nitrogens is 7. The van der Waals surface area contributed by atoms with Gasteiger partial charge in [0.15, 0.2) is 17.2 Å². The zero-order valence-corrected chi connectivity index (χ0v) is 22.1. The minimum absolute atomic E-state index is 0.612. The number of imidazole rings is 1. The van der Waals surface area contributed by atoms with E-state index in [0.29, 0.717) is 17.2 Å². The summed E-state index contributed by atoms with van der Waals surface area (Å²) < 4.78 is 0.739. The molecule has 0 unspecified atom stereocenters. The highest BCUT2D eigenvalue weighted by Gasteiger charge is 2.18. The number of halogens is 1. The van der Waals surface area contributed by atoms with Crippen molar-refractivity contribution in [2.75, 3.05) is 6.54 Å². The van der Waals surface area contributed by atoms with Gasteiger partial charge in [0.1, 0.15) is 5.52 Å². The van der Waals surface area contributed by atoms with Crippen molar-refractivity contribution in [3.63, 3.8) is 0 Å². The Morgan fingerprint density at radius 3 is 2.84 bits per heavy atom. The Labute approximate surface area is 227 Å². The van der Waals surface area contributed by atoms with Crippen LogP contribution in [-0.2, 0) is 6.54 Å². The minimum atomic E-state index is 0.612. The van der Waals surface area contributed by atoms with Gasteiger partial charge < -0.3 is 10.3 Å². The van der Waals surface area contributed by atoms with Gasteiger partial charge in [-0.15, -0.1) is 11.3 Å².